The highest BCUT2D eigenvalue weighted by molar-refractivity contribution is 6.08. The largest absolute Gasteiger partial charge is 0.378 e. The van der Waals surface area contributed by atoms with E-state index in [2.05, 4.69) is 5.32 Å². The molecule has 0 saturated carbocycles. The van der Waals surface area contributed by atoms with Gasteiger partial charge >= 0.3 is 0 Å². The first-order chi connectivity index (χ1) is 11.5. The minimum Gasteiger partial charge on any atom is -0.378 e. The average Bonchev–Trinajstić information content (AvgIpc) is 2.81. The Kier molecular flexibility index (Phi) is 4.38. The van der Waals surface area contributed by atoms with E-state index in [-0.39, 0.29) is 36.1 Å². The van der Waals surface area contributed by atoms with Gasteiger partial charge in [0.15, 0.2) is 0 Å². The van der Waals surface area contributed by atoms with Gasteiger partial charge in [-0.05, 0) is 37.1 Å². The van der Waals surface area contributed by atoms with Crippen LogP contribution in [0.2, 0.25) is 0 Å². The third kappa shape index (κ3) is 3.04. The summed E-state index contributed by atoms with van der Waals surface area (Å²) in [5.74, 6) is -1.41. The van der Waals surface area contributed by atoms with Crippen LogP contribution in [0.15, 0.2) is 36.4 Å². The van der Waals surface area contributed by atoms with Crippen molar-refractivity contribution in [3.8, 4) is 0 Å². The number of rotatable bonds is 4. The van der Waals surface area contributed by atoms with Gasteiger partial charge in [0, 0.05) is 25.5 Å². The third-order valence-electron chi connectivity index (χ3n) is 4.57. The zero-order valence-electron chi connectivity index (χ0n) is 13.9. The monoisotopic (exact) mass is 327 g/mol. The van der Waals surface area contributed by atoms with Gasteiger partial charge < -0.3 is 10.2 Å². The molecule has 1 aromatic rings. The summed E-state index contributed by atoms with van der Waals surface area (Å²) < 4.78 is 0. The van der Waals surface area contributed by atoms with E-state index in [1.807, 2.05) is 43.3 Å². The Morgan fingerprint density at radius 3 is 2.12 bits per heavy atom. The van der Waals surface area contributed by atoms with Crippen LogP contribution in [0.3, 0.4) is 0 Å². The molecule has 1 aliphatic heterocycles. The lowest BCUT2D eigenvalue weighted by molar-refractivity contribution is -0.142. The Bertz CT molecular complexity index is 668. The summed E-state index contributed by atoms with van der Waals surface area (Å²) in [5, 5.41) is 2.74. The van der Waals surface area contributed by atoms with E-state index in [9.17, 15) is 14.4 Å². The number of nitrogens with one attached hydrogen (secondary N) is 1. The molecule has 1 heterocycles. The molecule has 6 nitrogen and oxygen atoms in total. The lowest BCUT2D eigenvalue weighted by Crippen LogP contribution is -2.38. The molecule has 1 aromatic carbocycles. The van der Waals surface area contributed by atoms with Crippen molar-refractivity contribution >= 4 is 29.1 Å². The zero-order chi connectivity index (χ0) is 17.3. The molecule has 24 heavy (non-hydrogen) atoms. The highest BCUT2D eigenvalue weighted by Crippen LogP contribution is 2.34. The van der Waals surface area contributed by atoms with E-state index in [0.717, 1.165) is 10.6 Å². The molecule has 0 aromatic heterocycles. The lowest BCUT2D eigenvalue weighted by Gasteiger charge is -2.15. The predicted molar refractivity (Wildman–Crippen MR) is 91.5 cm³/mol. The van der Waals surface area contributed by atoms with Crippen LogP contribution in [0.5, 0.6) is 0 Å². The van der Waals surface area contributed by atoms with Crippen LogP contribution < -0.4 is 10.2 Å². The Morgan fingerprint density at radius 1 is 1.08 bits per heavy atom. The molecule has 1 aliphatic carbocycles. The van der Waals surface area contributed by atoms with Gasteiger partial charge in [-0.3, -0.25) is 19.3 Å². The summed E-state index contributed by atoms with van der Waals surface area (Å²) in [6.45, 7) is -0.222. The van der Waals surface area contributed by atoms with Crippen molar-refractivity contribution in [2.75, 3.05) is 30.9 Å². The van der Waals surface area contributed by atoms with Crippen molar-refractivity contribution in [3.63, 3.8) is 0 Å². The number of hydrogen-bond donors (Lipinski definition) is 1. The molecule has 2 atom stereocenters. The van der Waals surface area contributed by atoms with Gasteiger partial charge in [0.1, 0.15) is 6.54 Å². The quantitative estimate of drug-likeness (QED) is 0.674. The Hall–Kier alpha value is -2.63. The van der Waals surface area contributed by atoms with Gasteiger partial charge in [-0.15, -0.1) is 0 Å². The smallest absolute Gasteiger partial charge is 0.244 e. The average molecular weight is 327 g/mol. The SMILES string of the molecule is CN(C)c1ccc(NC(=O)CN2C(=O)[C@@H]3CC=CC[C@H]3C2=O)cc1. The topological polar surface area (TPSA) is 69.7 Å². The minimum atomic E-state index is -0.360. The fraction of sp³-hybridized carbons (Fsp3) is 0.389. The summed E-state index contributed by atoms with van der Waals surface area (Å²) in [4.78, 5) is 40.0. The number of amides is 3. The van der Waals surface area contributed by atoms with Gasteiger partial charge in [-0.2, -0.15) is 0 Å². The van der Waals surface area contributed by atoms with Crippen molar-refractivity contribution in [3.05, 3.63) is 36.4 Å². The molecule has 6 heteroatoms. The van der Waals surface area contributed by atoms with Crippen molar-refractivity contribution in [2.24, 2.45) is 11.8 Å². The van der Waals surface area contributed by atoms with Crippen molar-refractivity contribution in [2.45, 2.75) is 12.8 Å². The number of anilines is 2. The van der Waals surface area contributed by atoms with Crippen molar-refractivity contribution in [1.82, 2.24) is 4.90 Å². The molecule has 0 spiro atoms. The van der Waals surface area contributed by atoms with Gasteiger partial charge in [0.05, 0.1) is 11.8 Å². The number of likely N-dealkylation sites (tertiary alicyclic amines) is 1. The highest BCUT2D eigenvalue weighted by Gasteiger charge is 2.47. The van der Waals surface area contributed by atoms with Crippen molar-refractivity contribution < 1.29 is 14.4 Å². The highest BCUT2D eigenvalue weighted by atomic mass is 16.2. The van der Waals surface area contributed by atoms with Crippen LogP contribution in [0.1, 0.15) is 12.8 Å². The van der Waals surface area contributed by atoms with Gasteiger partial charge in [-0.25, -0.2) is 0 Å². The Balaban J connectivity index is 1.62. The molecule has 0 unspecified atom stereocenters. The van der Waals surface area contributed by atoms with Gasteiger partial charge in [0.2, 0.25) is 17.7 Å². The van der Waals surface area contributed by atoms with Crippen molar-refractivity contribution in [1.29, 1.82) is 0 Å². The lowest BCUT2D eigenvalue weighted by atomic mass is 9.85. The molecule has 3 amide bonds. The summed E-state index contributed by atoms with van der Waals surface area (Å²) >= 11 is 0. The number of hydrogen-bond acceptors (Lipinski definition) is 4. The molecule has 0 bridgehead atoms. The second kappa shape index (κ2) is 6.47. The van der Waals surface area contributed by atoms with E-state index in [0.29, 0.717) is 18.5 Å². The maximum atomic E-state index is 12.3. The van der Waals surface area contributed by atoms with Crippen LogP contribution in [0.4, 0.5) is 11.4 Å². The molecule has 126 valence electrons. The molecule has 2 aliphatic rings. The second-order valence-electron chi connectivity index (χ2n) is 6.41. The van der Waals surface area contributed by atoms with E-state index in [1.54, 1.807) is 12.1 Å². The number of allylic oxidation sites excluding steroid dienone is 2. The van der Waals surface area contributed by atoms with Crippen LogP contribution >= 0.6 is 0 Å². The van der Waals surface area contributed by atoms with Crippen LogP contribution in [-0.2, 0) is 14.4 Å². The predicted octanol–water partition coefficient (Wildman–Crippen LogP) is 1.64. The number of nitrogens with zero attached hydrogens (tertiary/aromatic N) is 2. The van der Waals surface area contributed by atoms with E-state index in [1.165, 1.54) is 0 Å². The second-order valence-corrected chi connectivity index (χ2v) is 6.41. The maximum Gasteiger partial charge on any atom is 0.244 e. The van der Waals surface area contributed by atoms with Crippen LogP contribution in [0, 0.1) is 11.8 Å². The molecule has 1 fully saturated rings. The molecular formula is C18H21N3O3. The molecule has 1 saturated heterocycles. The van der Waals surface area contributed by atoms with Gasteiger partial charge in [0.25, 0.3) is 0 Å². The van der Waals surface area contributed by atoms with Crippen LogP contribution in [0.25, 0.3) is 0 Å². The van der Waals surface area contributed by atoms with Crippen LogP contribution in [-0.4, -0.2) is 43.3 Å². The van der Waals surface area contributed by atoms with E-state index < -0.39 is 0 Å². The summed E-state index contributed by atoms with van der Waals surface area (Å²) in [5.41, 5.74) is 1.67. The fourth-order valence-corrected chi connectivity index (χ4v) is 3.21. The number of imide groups is 1. The molecule has 3 rings (SSSR count). The number of benzene rings is 1. The number of fused-ring (bicyclic) bond motifs is 1. The first kappa shape index (κ1) is 16.2. The zero-order valence-corrected chi connectivity index (χ0v) is 13.9. The first-order valence-electron chi connectivity index (χ1n) is 8.05. The maximum absolute atomic E-state index is 12.3. The third-order valence-corrected chi connectivity index (χ3v) is 4.57. The molecule has 1 N–H and O–H groups in total. The normalized spacial score (nSPS) is 22.5. The molecular weight excluding hydrogens is 306 g/mol. The van der Waals surface area contributed by atoms with E-state index in [4.69, 9.17) is 0 Å². The minimum absolute atomic E-state index is 0.222. The summed E-state index contributed by atoms with van der Waals surface area (Å²) in [7, 11) is 3.87. The van der Waals surface area contributed by atoms with Gasteiger partial charge in [-0.1, -0.05) is 12.2 Å². The number of carbonyl (C=O) groups excluding carboxylic acids is 3. The fourth-order valence-electron chi connectivity index (χ4n) is 3.21. The molecule has 0 radical (unpaired) electrons. The Morgan fingerprint density at radius 2 is 1.62 bits per heavy atom. The van der Waals surface area contributed by atoms with E-state index >= 15 is 0 Å². The summed E-state index contributed by atoms with van der Waals surface area (Å²) in [6.07, 6.45) is 5.03. The Labute approximate surface area is 141 Å². The first-order valence-corrected chi connectivity index (χ1v) is 8.05. The standard InChI is InChI=1S/C18H21N3O3/c1-20(2)13-9-7-12(8-10-13)19-16(22)11-21-17(23)14-5-3-4-6-15(14)18(21)24/h3-4,7-10,14-15H,5-6,11H2,1-2H3,(H,19,22)/t14-,15-/m1/s1. The number of carbonyl (C=O) groups is 3. The summed E-state index contributed by atoms with van der Waals surface area (Å²) in [6, 6.07) is 7.37.